The van der Waals surface area contributed by atoms with Gasteiger partial charge in [0.1, 0.15) is 0 Å². The van der Waals surface area contributed by atoms with Crippen LogP contribution in [0.4, 0.5) is 5.69 Å². The van der Waals surface area contributed by atoms with Crippen LogP contribution in [0.5, 0.6) is 0 Å². The van der Waals surface area contributed by atoms with Gasteiger partial charge < -0.3 is 21.0 Å². The molecule has 0 unspecified atom stereocenters. The average Bonchev–Trinajstić information content (AvgIpc) is 4.23. The summed E-state index contributed by atoms with van der Waals surface area (Å²) in [5, 5.41) is 5.07. The van der Waals surface area contributed by atoms with E-state index in [9.17, 15) is 4.79 Å². The van der Waals surface area contributed by atoms with Crippen LogP contribution in [-0.4, -0.2) is 37.4 Å². The summed E-state index contributed by atoms with van der Waals surface area (Å²) in [6, 6.07) is 55.6. The first kappa shape index (κ1) is 43.4. The maximum Gasteiger partial charge on any atom is 0.224 e. The number of hydrogen-bond donors (Lipinski definition) is 4. The summed E-state index contributed by atoms with van der Waals surface area (Å²) >= 11 is 6.46. The van der Waals surface area contributed by atoms with Crippen molar-refractivity contribution in [1.82, 2.24) is 24.9 Å². The quantitative estimate of drug-likeness (QED) is 0.0908. The molecule has 0 aliphatic carbocycles. The highest BCUT2D eigenvalue weighted by atomic mass is 35.5. The summed E-state index contributed by atoms with van der Waals surface area (Å²) < 4.78 is 0. The van der Waals surface area contributed by atoms with Crippen LogP contribution >= 0.6 is 11.6 Å². The molecule has 0 atom stereocenters. The topological polar surface area (TPSA) is 125 Å². The molecule has 0 spiro atoms. The average molecular weight is 919 g/mol. The van der Waals surface area contributed by atoms with Crippen LogP contribution in [0.3, 0.4) is 0 Å². The second-order valence-corrected chi connectivity index (χ2v) is 17.8. The Morgan fingerprint density at radius 1 is 0.522 bits per heavy atom. The van der Waals surface area contributed by atoms with E-state index >= 15 is 0 Å². The highest BCUT2D eigenvalue weighted by Gasteiger charge is 2.22. The standard InChI is InChI=1S/C60H48ClN7O/c61-43-24-26-45-42(23-13-14-34-62)35-44(63-52(45)36-43)25-33-55(69)67-54-37-53-58(40-19-9-3-10-20-40)50-30-29-48(65-50)56(38-15-5-1-6-16-38)46-27-28-47(64-46)57(39-17-7-2-8-18-39)49-31-32-51(66-49)59(60(54)68-53)41-21-11-4-12-22-41/h1-12,15-22,24,26-32,35-37,64,68H,13-14,23,25,33-34,62H2,(H,67,69). The summed E-state index contributed by atoms with van der Waals surface area (Å²) in [6.07, 6.45) is 11.7. The first-order valence-corrected chi connectivity index (χ1v) is 23.8. The van der Waals surface area contributed by atoms with Crippen LogP contribution in [0.25, 0.3) is 102 Å². The van der Waals surface area contributed by atoms with Crippen molar-refractivity contribution >= 4 is 80.5 Å². The number of nitrogens with zero attached hydrogens (tertiary/aromatic N) is 3. The third-order valence-corrected chi connectivity index (χ3v) is 13.0. The number of rotatable bonds is 12. The molecule has 8 bridgehead atoms. The van der Waals surface area contributed by atoms with E-state index in [0.717, 1.165) is 125 Å². The van der Waals surface area contributed by atoms with Crippen molar-refractivity contribution < 1.29 is 4.79 Å². The highest BCUT2D eigenvalue weighted by Crippen LogP contribution is 2.40. The Labute approximate surface area is 405 Å². The second kappa shape index (κ2) is 19.2. The van der Waals surface area contributed by atoms with E-state index in [1.165, 1.54) is 5.56 Å². The number of unbranched alkanes of at least 4 members (excludes halogenated alkanes) is 1. The smallest absolute Gasteiger partial charge is 0.224 e. The minimum atomic E-state index is -0.145. The summed E-state index contributed by atoms with van der Waals surface area (Å²) in [5.41, 5.74) is 23.5. The number of nitrogens with one attached hydrogen (secondary N) is 3. The number of H-pyrrole nitrogens is 2. The van der Waals surface area contributed by atoms with E-state index in [2.05, 4.69) is 131 Å². The van der Waals surface area contributed by atoms with E-state index in [-0.39, 0.29) is 12.3 Å². The molecule has 8 nitrogen and oxygen atoms in total. The Kier molecular flexibility index (Phi) is 12.1. The summed E-state index contributed by atoms with van der Waals surface area (Å²) in [5.74, 6) is -0.145. The van der Waals surface area contributed by atoms with Gasteiger partial charge in [0.2, 0.25) is 5.91 Å². The van der Waals surface area contributed by atoms with Gasteiger partial charge >= 0.3 is 0 Å². The van der Waals surface area contributed by atoms with Crippen molar-refractivity contribution in [1.29, 1.82) is 0 Å². The lowest BCUT2D eigenvalue weighted by molar-refractivity contribution is -0.116. The number of aryl methyl sites for hydroxylation is 2. The molecule has 11 rings (SSSR count). The fraction of sp³-hybridized carbons (Fsp3) is 0.100. The molecule has 69 heavy (non-hydrogen) atoms. The van der Waals surface area contributed by atoms with Crippen molar-refractivity contribution in [3.05, 3.63) is 203 Å². The van der Waals surface area contributed by atoms with Gasteiger partial charge in [-0.15, -0.1) is 0 Å². The summed E-state index contributed by atoms with van der Waals surface area (Å²) in [7, 11) is 0. The second-order valence-electron chi connectivity index (χ2n) is 17.4. The van der Waals surface area contributed by atoms with Crippen LogP contribution in [0, 0.1) is 0 Å². The van der Waals surface area contributed by atoms with Gasteiger partial charge in [0.05, 0.1) is 45.0 Å². The van der Waals surface area contributed by atoms with Crippen molar-refractivity contribution in [2.75, 3.05) is 11.9 Å². The van der Waals surface area contributed by atoms with Gasteiger partial charge in [0.25, 0.3) is 0 Å². The maximum absolute atomic E-state index is 14.5. The Morgan fingerprint density at radius 3 is 1.57 bits per heavy atom. The van der Waals surface area contributed by atoms with Crippen molar-refractivity contribution in [2.24, 2.45) is 5.73 Å². The van der Waals surface area contributed by atoms with Gasteiger partial charge in [-0.2, -0.15) is 0 Å². The zero-order chi connectivity index (χ0) is 46.7. The van der Waals surface area contributed by atoms with E-state index in [4.69, 9.17) is 32.3 Å². The van der Waals surface area contributed by atoms with Gasteiger partial charge in [0, 0.05) is 55.8 Å². The van der Waals surface area contributed by atoms with Gasteiger partial charge in [-0.1, -0.05) is 139 Å². The fourth-order valence-corrected chi connectivity index (χ4v) is 9.77. The maximum atomic E-state index is 14.5. The molecule has 0 saturated carbocycles. The Hall–Kier alpha value is -8.17. The van der Waals surface area contributed by atoms with E-state index in [1.807, 2.05) is 72.8 Å². The minimum absolute atomic E-state index is 0.145. The molecule has 0 radical (unpaired) electrons. The van der Waals surface area contributed by atoms with E-state index in [0.29, 0.717) is 23.7 Å². The Balaban J connectivity index is 1.15. The normalized spacial score (nSPS) is 11.9. The van der Waals surface area contributed by atoms with Crippen LogP contribution in [0.2, 0.25) is 5.02 Å². The van der Waals surface area contributed by atoms with Gasteiger partial charge in [-0.3, -0.25) is 9.78 Å². The number of amides is 1. The number of fused-ring (bicyclic) bond motifs is 9. The molecular weight excluding hydrogens is 870 g/mol. The number of nitrogens with two attached hydrogens (primary N) is 1. The van der Waals surface area contributed by atoms with E-state index < -0.39 is 0 Å². The molecule has 0 saturated heterocycles. The van der Waals surface area contributed by atoms with Crippen LogP contribution in [-0.2, 0) is 17.6 Å². The Morgan fingerprint density at radius 2 is 1.03 bits per heavy atom. The van der Waals surface area contributed by atoms with Crippen molar-refractivity contribution in [2.45, 2.75) is 32.1 Å². The number of aromatic amines is 2. The number of aromatic nitrogens is 5. The number of carbonyl (C=O) groups excluding carboxylic acids is 1. The molecule has 2 aliphatic heterocycles. The monoisotopic (exact) mass is 917 g/mol. The molecule has 9 heteroatoms. The van der Waals surface area contributed by atoms with Gasteiger partial charge in [-0.05, 0) is 121 Å². The third kappa shape index (κ3) is 8.91. The van der Waals surface area contributed by atoms with Crippen LogP contribution < -0.4 is 11.1 Å². The minimum Gasteiger partial charge on any atom is -0.354 e. The molecule has 2 aliphatic rings. The first-order valence-electron chi connectivity index (χ1n) is 23.5. The SMILES string of the molecule is NCCCCc1cc(CCC(=O)Nc2cc3[nH]c2c(-c2ccccc2)c2nc(c(-c4ccccc4)c4ccc([nH]4)c(-c4ccccc4)c4nc(c3-c3ccccc3)C=C4)C=C2)nc2cc(Cl)ccc12. The molecule has 4 aromatic heterocycles. The Bertz CT molecular complexity index is 3620. The van der Waals surface area contributed by atoms with Gasteiger partial charge in [-0.25, -0.2) is 9.97 Å². The zero-order valence-corrected chi connectivity index (χ0v) is 38.6. The first-order chi connectivity index (χ1) is 34.0. The zero-order valence-electron chi connectivity index (χ0n) is 37.8. The van der Waals surface area contributed by atoms with Crippen LogP contribution in [0.15, 0.2) is 164 Å². The number of hydrogen-bond acceptors (Lipinski definition) is 5. The lowest BCUT2D eigenvalue weighted by atomic mass is 10.0. The summed E-state index contributed by atoms with van der Waals surface area (Å²) in [6.45, 7) is 0.640. The van der Waals surface area contributed by atoms with Crippen molar-refractivity contribution in [3.63, 3.8) is 0 Å². The third-order valence-electron chi connectivity index (χ3n) is 12.8. The largest absolute Gasteiger partial charge is 0.354 e. The van der Waals surface area contributed by atoms with Crippen molar-refractivity contribution in [3.8, 4) is 44.5 Å². The molecule has 0 fully saturated rings. The fourth-order valence-electron chi connectivity index (χ4n) is 9.60. The highest BCUT2D eigenvalue weighted by molar-refractivity contribution is 6.31. The number of halogens is 1. The predicted molar refractivity (Wildman–Crippen MR) is 286 cm³/mol. The molecule has 5 N–H and O–H groups in total. The summed E-state index contributed by atoms with van der Waals surface area (Å²) in [4.78, 5) is 38.1. The lowest BCUT2D eigenvalue weighted by Crippen LogP contribution is -2.13. The number of anilines is 1. The molecular formula is C60H48ClN7O. The number of carbonyl (C=O) groups is 1. The predicted octanol–water partition coefficient (Wildman–Crippen LogP) is 14.4. The molecule has 9 aromatic rings. The number of benzene rings is 5. The van der Waals surface area contributed by atoms with Gasteiger partial charge in [0.15, 0.2) is 0 Å². The molecule has 5 aromatic carbocycles. The lowest BCUT2D eigenvalue weighted by Gasteiger charge is -2.11. The molecule has 1 amide bonds. The number of pyridine rings is 1. The van der Waals surface area contributed by atoms with Crippen LogP contribution in [0.1, 0.15) is 53.3 Å². The van der Waals surface area contributed by atoms with E-state index in [1.54, 1.807) is 0 Å². The molecule has 336 valence electrons. The molecule has 6 heterocycles.